The van der Waals surface area contributed by atoms with Crippen molar-refractivity contribution in [2.75, 3.05) is 4.90 Å². The summed E-state index contributed by atoms with van der Waals surface area (Å²) in [5, 5.41) is 9.29. The van der Waals surface area contributed by atoms with Gasteiger partial charge in [-0.3, -0.25) is 9.69 Å². The standard InChI is InChI=1S/C16H17NO3/c1-2-3-4-5-10-15(18)17-13-9-7-6-8-12(13)11-14(17)16(19)20/h1,6-9,14H,3-5,10-11H2,(H,19,20). The molecule has 1 N–H and O–H groups in total. The fraction of sp³-hybridized carbons (Fsp3) is 0.375. The van der Waals surface area contributed by atoms with E-state index in [-0.39, 0.29) is 5.91 Å². The highest BCUT2D eigenvalue weighted by Crippen LogP contribution is 2.32. The predicted octanol–water partition coefficient (Wildman–Crippen LogP) is 2.22. The van der Waals surface area contributed by atoms with Crippen LogP contribution in [-0.4, -0.2) is 23.0 Å². The van der Waals surface area contributed by atoms with Gasteiger partial charge >= 0.3 is 5.97 Å². The van der Waals surface area contributed by atoms with E-state index in [1.54, 1.807) is 6.07 Å². The molecule has 0 aromatic heterocycles. The largest absolute Gasteiger partial charge is 0.480 e. The lowest BCUT2D eigenvalue weighted by Gasteiger charge is -2.22. The number of aliphatic carboxylic acids is 1. The van der Waals surface area contributed by atoms with E-state index in [2.05, 4.69) is 5.92 Å². The normalized spacial score (nSPS) is 16.6. The van der Waals surface area contributed by atoms with Crippen LogP contribution in [0.4, 0.5) is 5.69 Å². The minimum Gasteiger partial charge on any atom is -0.480 e. The number of amides is 1. The third-order valence-electron chi connectivity index (χ3n) is 3.49. The highest BCUT2D eigenvalue weighted by molar-refractivity contribution is 6.01. The molecular weight excluding hydrogens is 254 g/mol. The lowest BCUT2D eigenvalue weighted by molar-refractivity contribution is -0.139. The molecule has 1 unspecified atom stereocenters. The van der Waals surface area contributed by atoms with Crippen molar-refractivity contribution in [3.05, 3.63) is 29.8 Å². The average Bonchev–Trinajstić information content (AvgIpc) is 2.83. The topological polar surface area (TPSA) is 57.6 Å². The monoisotopic (exact) mass is 271 g/mol. The Balaban J connectivity index is 2.12. The van der Waals surface area contributed by atoms with Crippen LogP contribution in [0.25, 0.3) is 0 Å². The smallest absolute Gasteiger partial charge is 0.327 e. The van der Waals surface area contributed by atoms with Crippen molar-refractivity contribution >= 4 is 17.6 Å². The average molecular weight is 271 g/mol. The Labute approximate surface area is 118 Å². The van der Waals surface area contributed by atoms with Crippen molar-refractivity contribution in [3.8, 4) is 12.3 Å². The number of nitrogens with zero attached hydrogens (tertiary/aromatic N) is 1. The summed E-state index contributed by atoms with van der Waals surface area (Å²) in [4.78, 5) is 25.1. The molecule has 0 aliphatic carbocycles. The molecule has 0 fully saturated rings. The number of carboxylic acid groups (broad SMARTS) is 1. The Morgan fingerprint density at radius 2 is 2.10 bits per heavy atom. The van der Waals surface area contributed by atoms with Crippen molar-refractivity contribution in [3.63, 3.8) is 0 Å². The summed E-state index contributed by atoms with van der Waals surface area (Å²) in [7, 11) is 0. The molecule has 2 rings (SSSR count). The summed E-state index contributed by atoms with van der Waals surface area (Å²) in [6.07, 6.45) is 8.00. The van der Waals surface area contributed by atoms with Crippen LogP contribution in [0.3, 0.4) is 0 Å². The van der Waals surface area contributed by atoms with Gasteiger partial charge in [0.25, 0.3) is 0 Å². The Kier molecular flexibility index (Phi) is 4.41. The molecule has 4 heteroatoms. The highest BCUT2D eigenvalue weighted by Gasteiger charge is 2.37. The molecule has 1 aliphatic rings. The molecule has 0 radical (unpaired) electrons. The fourth-order valence-electron chi connectivity index (χ4n) is 2.52. The molecule has 1 aromatic rings. The predicted molar refractivity (Wildman–Crippen MR) is 76.4 cm³/mol. The van der Waals surface area contributed by atoms with E-state index in [1.807, 2.05) is 18.2 Å². The Morgan fingerprint density at radius 1 is 1.35 bits per heavy atom. The molecule has 0 saturated heterocycles. The third kappa shape index (κ3) is 2.83. The van der Waals surface area contributed by atoms with E-state index in [1.165, 1.54) is 4.90 Å². The van der Waals surface area contributed by atoms with Crippen LogP contribution < -0.4 is 4.90 Å². The van der Waals surface area contributed by atoms with Crippen LogP contribution in [0.1, 0.15) is 31.2 Å². The molecular formula is C16H17NO3. The number of terminal acetylenes is 1. The SMILES string of the molecule is C#CCCCCC(=O)N1c2ccccc2CC1C(=O)O. The van der Waals surface area contributed by atoms with E-state index in [0.29, 0.717) is 25.7 Å². The first kappa shape index (κ1) is 14.1. The van der Waals surface area contributed by atoms with E-state index in [9.17, 15) is 14.7 Å². The molecule has 1 heterocycles. The van der Waals surface area contributed by atoms with Gasteiger partial charge in [0.15, 0.2) is 0 Å². The van der Waals surface area contributed by atoms with Gasteiger partial charge in [0, 0.05) is 24.9 Å². The van der Waals surface area contributed by atoms with Crippen LogP contribution >= 0.6 is 0 Å². The summed E-state index contributed by atoms with van der Waals surface area (Å²) >= 11 is 0. The number of para-hydroxylation sites is 1. The first-order valence-electron chi connectivity index (χ1n) is 6.71. The maximum absolute atomic E-state index is 12.3. The van der Waals surface area contributed by atoms with Gasteiger partial charge in [-0.1, -0.05) is 18.2 Å². The highest BCUT2D eigenvalue weighted by atomic mass is 16.4. The van der Waals surface area contributed by atoms with Crippen molar-refractivity contribution in [1.82, 2.24) is 0 Å². The van der Waals surface area contributed by atoms with Crippen LogP contribution in [0.5, 0.6) is 0 Å². The number of anilines is 1. The number of hydrogen-bond donors (Lipinski definition) is 1. The van der Waals surface area contributed by atoms with Gasteiger partial charge in [-0.2, -0.15) is 0 Å². The summed E-state index contributed by atoms with van der Waals surface area (Å²) in [5.74, 6) is 1.44. The number of fused-ring (bicyclic) bond motifs is 1. The van der Waals surface area contributed by atoms with Gasteiger partial charge in [-0.05, 0) is 24.5 Å². The molecule has 104 valence electrons. The number of rotatable bonds is 5. The quantitative estimate of drug-likeness (QED) is 0.660. The summed E-state index contributed by atoms with van der Waals surface area (Å²) < 4.78 is 0. The number of hydrogen-bond acceptors (Lipinski definition) is 2. The molecule has 0 saturated carbocycles. The van der Waals surface area contributed by atoms with Crippen molar-refractivity contribution in [2.24, 2.45) is 0 Å². The Hall–Kier alpha value is -2.28. The summed E-state index contributed by atoms with van der Waals surface area (Å²) in [6, 6.07) is 6.57. The number of benzene rings is 1. The van der Waals surface area contributed by atoms with Crippen molar-refractivity contribution in [2.45, 2.75) is 38.1 Å². The van der Waals surface area contributed by atoms with E-state index in [4.69, 9.17) is 6.42 Å². The lowest BCUT2D eigenvalue weighted by Crippen LogP contribution is -2.42. The van der Waals surface area contributed by atoms with Gasteiger partial charge in [-0.15, -0.1) is 12.3 Å². The molecule has 20 heavy (non-hydrogen) atoms. The second kappa shape index (κ2) is 6.25. The molecule has 0 bridgehead atoms. The number of carbonyl (C=O) groups excluding carboxylic acids is 1. The van der Waals surface area contributed by atoms with Gasteiger partial charge in [0.1, 0.15) is 6.04 Å². The number of unbranched alkanes of at least 4 members (excludes halogenated alkanes) is 2. The van der Waals surface area contributed by atoms with Crippen LogP contribution in [-0.2, 0) is 16.0 Å². The van der Waals surface area contributed by atoms with Crippen LogP contribution in [0, 0.1) is 12.3 Å². The van der Waals surface area contributed by atoms with E-state index < -0.39 is 12.0 Å². The molecule has 1 aromatic carbocycles. The second-order valence-electron chi connectivity index (χ2n) is 4.86. The first-order chi connectivity index (χ1) is 9.65. The zero-order chi connectivity index (χ0) is 14.5. The third-order valence-corrected chi connectivity index (χ3v) is 3.49. The van der Waals surface area contributed by atoms with Crippen LogP contribution in [0.2, 0.25) is 0 Å². The minimum absolute atomic E-state index is 0.139. The minimum atomic E-state index is -0.960. The lowest BCUT2D eigenvalue weighted by atomic mass is 10.1. The maximum Gasteiger partial charge on any atom is 0.327 e. The van der Waals surface area contributed by atoms with Gasteiger partial charge in [0.2, 0.25) is 5.91 Å². The van der Waals surface area contributed by atoms with Gasteiger partial charge in [-0.25, -0.2) is 4.79 Å². The molecule has 1 atom stereocenters. The molecule has 4 nitrogen and oxygen atoms in total. The first-order valence-corrected chi connectivity index (χ1v) is 6.71. The summed E-state index contributed by atoms with van der Waals surface area (Å²) in [6.45, 7) is 0. The number of carbonyl (C=O) groups is 2. The second-order valence-corrected chi connectivity index (χ2v) is 4.86. The Morgan fingerprint density at radius 3 is 2.80 bits per heavy atom. The van der Waals surface area contributed by atoms with Crippen LogP contribution in [0.15, 0.2) is 24.3 Å². The summed E-state index contributed by atoms with van der Waals surface area (Å²) in [5.41, 5.74) is 1.64. The van der Waals surface area contributed by atoms with Crippen molar-refractivity contribution in [1.29, 1.82) is 0 Å². The van der Waals surface area contributed by atoms with E-state index >= 15 is 0 Å². The fourth-order valence-corrected chi connectivity index (χ4v) is 2.52. The number of carboxylic acids is 1. The molecule has 1 aliphatic heterocycles. The zero-order valence-corrected chi connectivity index (χ0v) is 11.2. The molecule has 1 amide bonds. The zero-order valence-electron chi connectivity index (χ0n) is 11.2. The van der Waals surface area contributed by atoms with Gasteiger partial charge < -0.3 is 5.11 Å². The maximum atomic E-state index is 12.3. The van der Waals surface area contributed by atoms with E-state index in [0.717, 1.165) is 17.7 Å². The van der Waals surface area contributed by atoms with Crippen molar-refractivity contribution < 1.29 is 14.7 Å². The van der Waals surface area contributed by atoms with Gasteiger partial charge in [0.05, 0.1) is 0 Å². The molecule has 0 spiro atoms. The Bertz CT molecular complexity index is 559.